The number of methoxy groups -OCH3 is 1. The van der Waals surface area contributed by atoms with Gasteiger partial charge in [-0.3, -0.25) is 4.79 Å². The summed E-state index contributed by atoms with van der Waals surface area (Å²) in [7, 11) is 1.55. The van der Waals surface area contributed by atoms with Gasteiger partial charge in [-0.2, -0.15) is 0 Å². The van der Waals surface area contributed by atoms with Gasteiger partial charge in [-0.15, -0.1) is 11.3 Å². The largest absolute Gasteiger partial charge is 0.495 e. The number of carbonyl (C=O) groups excluding carboxylic acids is 1. The second-order valence-corrected chi connectivity index (χ2v) is 5.08. The highest BCUT2D eigenvalue weighted by molar-refractivity contribution is 7.12. The lowest BCUT2D eigenvalue weighted by Crippen LogP contribution is -2.22. The smallest absolute Gasteiger partial charge is 0.265 e. The van der Waals surface area contributed by atoms with Crippen molar-refractivity contribution in [2.75, 3.05) is 13.7 Å². The second-order valence-electron chi connectivity index (χ2n) is 4.16. The average molecular weight is 300 g/mol. The topological polar surface area (TPSA) is 64.3 Å². The van der Waals surface area contributed by atoms with Gasteiger partial charge in [0.05, 0.1) is 13.7 Å². The monoisotopic (exact) mass is 300 g/mol. The standard InChI is InChI=1S/C16H16N2O2S/c1-20-14-8-10-21-15(14)16(19)18-11-13-6-3-2-5-12(13)7-4-9-17/h2-3,5-6,8,10H,9,11,17H2,1H3,(H,18,19). The molecule has 1 aromatic heterocycles. The van der Waals surface area contributed by atoms with Gasteiger partial charge in [0.25, 0.3) is 5.91 Å². The van der Waals surface area contributed by atoms with Crippen LogP contribution in [0.1, 0.15) is 20.8 Å². The minimum atomic E-state index is -0.150. The molecule has 0 aliphatic rings. The Morgan fingerprint density at radius 1 is 1.38 bits per heavy atom. The Bertz CT molecular complexity index is 683. The molecule has 0 aliphatic carbocycles. The fourth-order valence-electron chi connectivity index (χ4n) is 1.82. The molecule has 0 saturated heterocycles. The van der Waals surface area contributed by atoms with E-state index in [-0.39, 0.29) is 5.91 Å². The van der Waals surface area contributed by atoms with Gasteiger partial charge in [-0.25, -0.2) is 0 Å². The van der Waals surface area contributed by atoms with Crippen LogP contribution in [0, 0.1) is 11.8 Å². The number of hydrogen-bond acceptors (Lipinski definition) is 4. The third-order valence-corrected chi connectivity index (χ3v) is 3.73. The maximum Gasteiger partial charge on any atom is 0.265 e. The van der Waals surface area contributed by atoms with E-state index in [9.17, 15) is 4.79 Å². The minimum absolute atomic E-state index is 0.150. The van der Waals surface area contributed by atoms with Crippen molar-refractivity contribution >= 4 is 17.2 Å². The first-order chi connectivity index (χ1) is 10.3. The van der Waals surface area contributed by atoms with Gasteiger partial charge in [-0.1, -0.05) is 30.0 Å². The number of nitrogens with one attached hydrogen (secondary N) is 1. The zero-order valence-electron chi connectivity index (χ0n) is 11.7. The summed E-state index contributed by atoms with van der Waals surface area (Å²) in [6.07, 6.45) is 0. The van der Waals surface area contributed by atoms with Crippen molar-refractivity contribution in [1.29, 1.82) is 0 Å². The molecular weight excluding hydrogens is 284 g/mol. The summed E-state index contributed by atoms with van der Waals surface area (Å²) in [5.74, 6) is 6.27. The first-order valence-electron chi connectivity index (χ1n) is 6.42. The number of nitrogens with two attached hydrogens (primary N) is 1. The van der Waals surface area contributed by atoms with Crippen LogP contribution in [0.15, 0.2) is 35.7 Å². The Morgan fingerprint density at radius 3 is 2.95 bits per heavy atom. The van der Waals surface area contributed by atoms with Crippen LogP contribution >= 0.6 is 11.3 Å². The molecule has 21 heavy (non-hydrogen) atoms. The van der Waals surface area contributed by atoms with E-state index in [1.807, 2.05) is 29.6 Å². The number of ether oxygens (including phenoxy) is 1. The van der Waals surface area contributed by atoms with E-state index >= 15 is 0 Å². The van der Waals surface area contributed by atoms with Crippen molar-refractivity contribution in [3.63, 3.8) is 0 Å². The Labute approximate surface area is 127 Å². The normalized spacial score (nSPS) is 9.62. The van der Waals surface area contributed by atoms with Gasteiger partial charge < -0.3 is 15.8 Å². The quantitative estimate of drug-likeness (QED) is 0.849. The highest BCUT2D eigenvalue weighted by Crippen LogP contribution is 2.24. The molecule has 2 aromatic rings. The molecule has 1 heterocycles. The van der Waals surface area contributed by atoms with E-state index in [1.165, 1.54) is 11.3 Å². The number of benzene rings is 1. The van der Waals surface area contributed by atoms with E-state index in [2.05, 4.69) is 17.2 Å². The van der Waals surface area contributed by atoms with Gasteiger partial charge in [0.15, 0.2) is 0 Å². The average Bonchev–Trinajstić information content (AvgIpc) is 3.00. The fraction of sp³-hybridized carbons (Fsp3) is 0.188. The van der Waals surface area contributed by atoms with Gasteiger partial charge in [-0.05, 0) is 23.1 Å². The summed E-state index contributed by atoms with van der Waals surface area (Å²) in [6, 6.07) is 9.46. The van der Waals surface area contributed by atoms with Crippen molar-refractivity contribution in [2.24, 2.45) is 5.73 Å². The van der Waals surface area contributed by atoms with Gasteiger partial charge in [0.1, 0.15) is 10.6 Å². The minimum Gasteiger partial charge on any atom is -0.495 e. The number of thiophene rings is 1. The molecule has 5 heteroatoms. The molecule has 2 rings (SSSR count). The first kappa shape index (κ1) is 15.1. The molecule has 0 bridgehead atoms. The highest BCUT2D eigenvalue weighted by atomic mass is 32.1. The molecular formula is C16H16N2O2S. The Kier molecular flexibility index (Phi) is 5.38. The summed E-state index contributed by atoms with van der Waals surface area (Å²) >= 11 is 1.35. The van der Waals surface area contributed by atoms with Crippen LogP contribution in [0.4, 0.5) is 0 Å². The number of amides is 1. The molecule has 3 N–H and O–H groups in total. The summed E-state index contributed by atoms with van der Waals surface area (Å²) in [4.78, 5) is 12.7. The SMILES string of the molecule is COc1ccsc1C(=O)NCc1ccccc1C#CCN. The lowest BCUT2D eigenvalue weighted by atomic mass is 10.1. The van der Waals surface area contributed by atoms with Crippen molar-refractivity contribution in [3.8, 4) is 17.6 Å². The number of hydrogen-bond donors (Lipinski definition) is 2. The van der Waals surface area contributed by atoms with E-state index in [0.717, 1.165) is 11.1 Å². The molecule has 0 saturated carbocycles. The molecule has 0 radical (unpaired) electrons. The molecule has 0 spiro atoms. The maximum absolute atomic E-state index is 12.1. The predicted octanol–water partition coefficient (Wildman–Crippen LogP) is 2.00. The second kappa shape index (κ2) is 7.48. The van der Waals surface area contributed by atoms with Crippen molar-refractivity contribution in [2.45, 2.75) is 6.54 Å². The van der Waals surface area contributed by atoms with Crippen molar-refractivity contribution < 1.29 is 9.53 Å². The molecule has 108 valence electrons. The van der Waals surface area contributed by atoms with Crippen LogP contribution in [0.3, 0.4) is 0 Å². The van der Waals surface area contributed by atoms with E-state index in [0.29, 0.717) is 23.7 Å². The van der Waals surface area contributed by atoms with Gasteiger partial charge >= 0.3 is 0 Å². The Balaban J connectivity index is 2.08. The number of rotatable bonds is 4. The Morgan fingerprint density at radius 2 is 2.19 bits per heavy atom. The van der Waals surface area contributed by atoms with Crippen LogP contribution in [0.5, 0.6) is 5.75 Å². The first-order valence-corrected chi connectivity index (χ1v) is 7.30. The predicted molar refractivity (Wildman–Crippen MR) is 84.4 cm³/mol. The van der Waals surface area contributed by atoms with Crippen molar-refractivity contribution in [3.05, 3.63) is 51.7 Å². The van der Waals surface area contributed by atoms with E-state index < -0.39 is 0 Å². The molecule has 0 atom stereocenters. The third kappa shape index (κ3) is 3.85. The highest BCUT2D eigenvalue weighted by Gasteiger charge is 2.13. The summed E-state index contributed by atoms with van der Waals surface area (Å²) in [6.45, 7) is 0.725. The fourth-order valence-corrected chi connectivity index (χ4v) is 2.60. The molecule has 0 fully saturated rings. The summed E-state index contributed by atoms with van der Waals surface area (Å²) < 4.78 is 5.15. The summed E-state index contributed by atoms with van der Waals surface area (Å²) in [5, 5.41) is 4.71. The molecule has 0 aliphatic heterocycles. The lowest BCUT2D eigenvalue weighted by molar-refractivity contribution is 0.0952. The van der Waals surface area contributed by atoms with Crippen LogP contribution in [0.25, 0.3) is 0 Å². The van der Waals surface area contributed by atoms with Crippen LogP contribution in [-0.4, -0.2) is 19.6 Å². The summed E-state index contributed by atoms with van der Waals surface area (Å²) in [5.41, 5.74) is 7.23. The molecule has 0 unspecified atom stereocenters. The van der Waals surface area contributed by atoms with Crippen LogP contribution < -0.4 is 15.8 Å². The zero-order valence-corrected chi connectivity index (χ0v) is 12.5. The molecule has 1 amide bonds. The maximum atomic E-state index is 12.1. The zero-order chi connectivity index (χ0) is 15.1. The van der Waals surface area contributed by atoms with E-state index in [1.54, 1.807) is 13.2 Å². The lowest BCUT2D eigenvalue weighted by Gasteiger charge is -2.07. The van der Waals surface area contributed by atoms with Crippen LogP contribution in [-0.2, 0) is 6.54 Å². The number of carbonyl (C=O) groups is 1. The van der Waals surface area contributed by atoms with Gasteiger partial charge in [0.2, 0.25) is 0 Å². The Hall–Kier alpha value is -2.29. The van der Waals surface area contributed by atoms with E-state index in [4.69, 9.17) is 10.5 Å². The van der Waals surface area contributed by atoms with Crippen molar-refractivity contribution in [1.82, 2.24) is 5.32 Å². The third-order valence-electron chi connectivity index (χ3n) is 2.84. The molecule has 4 nitrogen and oxygen atoms in total. The van der Waals surface area contributed by atoms with Crippen LogP contribution in [0.2, 0.25) is 0 Å². The molecule has 1 aromatic carbocycles. The van der Waals surface area contributed by atoms with Gasteiger partial charge in [0, 0.05) is 12.1 Å².